The van der Waals surface area contributed by atoms with Gasteiger partial charge >= 0.3 is 6.03 Å². The molecule has 0 atom stereocenters. The van der Waals surface area contributed by atoms with Crippen LogP contribution in [-0.4, -0.2) is 37.9 Å². The highest BCUT2D eigenvalue weighted by Crippen LogP contribution is 2.27. The number of rotatable bonds is 4. The highest BCUT2D eigenvalue weighted by atomic mass is 16.2. The quantitative estimate of drug-likeness (QED) is 0.579. The molecule has 0 unspecified atom stereocenters. The molecule has 1 aliphatic heterocycles. The van der Waals surface area contributed by atoms with Crippen LogP contribution in [0, 0.1) is 0 Å². The first-order valence-corrected chi connectivity index (χ1v) is 9.20. The first kappa shape index (κ1) is 19.1. The Morgan fingerprint density at radius 3 is 2.67 bits per heavy atom. The van der Waals surface area contributed by atoms with Crippen molar-refractivity contribution >= 4 is 29.7 Å². The number of fused-ring (bicyclic) bond motifs is 1. The van der Waals surface area contributed by atoms with Crippen LogP contribution in [0.2, 0.25) is 0 Å². The minimum absolute atomic E-state index is 0.224. The minimum atomic E-state index is -0.512. The van der Waals surface area contributed by atoms with E-state index in [0.29, 0.717) is 22.6 Å². The summed E-state index contributed by atoms with van der Waals surface area (Å²) in [7, 11) is 0. The SMILES string of the molecule is O=C(/C=C/c1cccnc1)Nc1n[nH]c2c1CN(C(=O)NC(=O)c1ccccc1)C2. The first-order chi connectivity index (χ1) is 14.6. The second kappa shape index (κ2) is 8.39. The zero-order chi connectivity index (χ0) is 20.9. The predicted octanol–water partition coefficient (Wildman–Crippen LogP) is 2.32. The van der Waals surface area contributed by atoms with Crippen LogP contribution >= 0.6 is 0 Å². The number of aromatic nitrogens is 3. The van der Waals surface area contributed by atoms with E-state index in [0.717, 1.165) is 5.56 Å². The van der Waals surface area contributed by atoms with Gasteiger partial charge in [-0.3, -0.25) is 25.0 Å². The molecule has 0 bridgehead atoms. The van der Waals surface area contributed by atoms with Crippen LogP contribution in [0.15, 0.2) is 60.9 Å². The third-order valence-corrected chi connectivity index (χ3v) is 4.55. The van der Waals surface area contributed by atoms with Gasteiger partial charge in [0, 0.05) is 29.6 Å². The summed E-state index contributed by atoms with van der Waals surface area (Å²) in [6, 6.07) is 11.6. The topological polar surface area (TPSA) is 120 Å². The van der Waals surface area contributed by atoms with Crippen LogP contribution in [0.4, 0.5) is 10.6 Å². The number of hydrogen-bond acceptors (Lipinski definition) is 5. The number of H-pyrrole nitrogens is 1. The van der Waals surface area contributed by atoms with E-state index < -0.39 is 11.9 Å². The molecule has 0 spiro atoms. The lowest BCUT2D eigenvalue weighted by molar-refractivity contribution is -0.111. The second-order valence-corrected chi connectivity index (χ2v) is 6.62. The van der Waals surface area contributed by atoms with E-state index >= 15 is 0 Å². The monoisotopic (exact) mass is 402 g/mol. The van der Waals surface area contributed by atoms with Crippen molar-refractivity contribution in [3.63, 3.8) is 0 Å². The summed E-state index contributed by atoms with van der Waals surface area (Å²) in [6.07, 6.45) is 6.32. The zero-order valence-electron chi connectivity index (χ0n) is 15.8. The van der Waals surface area contributed by atoms with Gasteiger partial charge < -0.3 is 10.2 Å². The van der Waals surface area contributed by atoms with Gasteiger partial charge in [0.1, 0.15) is 0 Å². The molecule has 150 valence electrons. The molecular formula is C21H18N6O3. The summed E-state index contributed by atoms with van der Waals surface area (Å²) >= 11 is 0. The number of benzene rings is 1. The van der Waals surface area contributed by atoms with Crippen molar-refractivity contribution in [2.75, 3.05) is 5.32 Å². The lowest BCUT2D eigenvalue weighted by Gasteiger charge is -2.16. The van der Waals surface area contributed by atoms with E-state index in [1.807, 2.05) is 6.07 Å². The molecule has 9 nitrogen and oxygen atoms in total. The van der Waals surface area contributed by atoms with Gasteiger partial charge in [0.05, 0.1) is 18.8 Å². The summed E-state index contributed by atoms with van der Waals surface area (Å²) in [5.41, 5.74) is 2.62. The van der Waals surface area contributed by atoms with Gasteiger partial charge in [-0.2, -0.15) is 5.10 Å². The van der Waals surface area contributed by atoms with Crippen molar-refractivity contribution in [2.45, 2.75) is 13.1 Å². The number of carbonyl (C=O) groups is 3. The number of amides is 4. The van der Waals surface area contributed by atoms with E-state index in [1.54, 1.807) is 54.9 Å². The zero-order valence-corrected chi connectivity index (χ0v) is 15.8. The third kappa shape index (κ3) is 4.25. The van der Waals surface area contributed by atoms with E-state index in [4.69, 9.17) is 0 Å². The number of hydrogen-bond donors (Lipinski definition) is 3. The Kier molecular flexibility index (Phi) is 5.33. The fraction of sp³-hybridized carbons (Fsp3) is 0.0952. The average Bonchev–Trinajstić information content (AvgIpc) is 3.36. The lowest BCUT2D eigenvalue weighted by Crippen LogP contribution is -2.40. The van der Waals surface area contributed by atoms with Crippen molar-refractivity contribution in [3.05, 3.63) is 83.3 Å². The van der Waals surface area contributed by atoms with Gasteiger partial charge in [-0.15, -0.1) is 0 Å². The molecule has 30 heavy (non-hydrogen) atoms. The molecule has 0 fully saturated rings. The van der Waals surface area contributed by atoms with Gasteiger partial charge in [-0.1, -0.05) is 24.3 Å². The number of nitrogens with zero attached hydrogens (tertiary/aromatic N) is 3. The summed E-state index contributed by atoms with van der Waals surface area (Å²) in [5.74, 6) is -0.464. The van der Waals surface area contributed by atoms with Crippen molar-refractivity contribution in [2.24, 2.45) is 0 Å². The number of anilines is 1. The van der Waals surface area contributed by atoms with Crippen LogP contribution in [0.1, 0.15) is 27.2 Å². The van der Waals surface area contributed by atoms with Crippen LogP contribution in [0.25, 0.3) is 6.08 Å². The maximum atomic E-state index is 12.4. The van der Waals surface area contributed by atoms with Crippen LogP contribution < -0.4 is 10.6 Å². The molecule has 0 saturated carbocycles. The smallest absolute Gasteiger partial charge is 0.314 e. The largest absolute Gasteiger partial charge is 0.324 e. The lowest BCUT2D eigenvalue weighted by atomic mass is 10.2. The van der Waals surface area contributed by atoms with Gasteiger partial charge in [0.2, 0.25) is 5.91 Å². The molecule has 0 aliphatic carbocycles. The van der Waals surface area contributed by atoms with Crippen LogP contribution in [0.5, 0.6) is 0 Å². The van der Waals surface area contributed by atoms with Gasteiger partial charge in [0.15, 0.2) is 5.82 Å². The molecule has 4 amide bonds. The first-order valence-electron chi connectivity index (χ1n) is 9.20. The molecule has 3 heterocycles. The fourth-order valence-corrected chi connectivity index (χ4v) is 3.03. The van der Waals surface area contributed by atoms with Crippen molar-refractivity contribution in [1.82, 2.24) is 25.4 Å². The molecule has 2 aromatic heterocycles. The molecule has 0 radical (unpaired) electrons. The molecule has 0 saturated heterocycles. The maximum Gasteiger partial charge on any atom is 0.324 e. The van der Waals surface area contributed by atoms with Crippen molar-refractivity contribution in [3.8, 4) is 0 Å². The number of nitrogens with one attached hydrogen (secondary N) is 3. The number of carbonyl (C=O) groups excluding carboxylic acids is 3. The predicted molar refractivity (Wildman–Crippen MR) is 109 cm³/mol. The van der Waals surface area contributed by atoms with Gasteiger partial charge in [-0.25, -0.2) is 4.79 Å². The molecule has 1 aliphatic rings. The van der Waals surface area contributed by atoms with E-state index in [-0.39, 0.29) is 19.0 Å². The number of aromatic amines is 1. The Morgan fingerprint density at radius 2 is 1.90 bits per heavy atom. The number of pyridine rings is 1. The van der Waals surface area contributed by atoms with Crippen molar-refractivity contribution in [1.29, 1.82) is 0 Å². The van der Waals surface area contributed by atoms with E-state index in [2.05, 4.69) is 25.8 Å². The standard InChI is InChI=1S/C21H18N6O3/c28-18(9-8-14-5-4-10-22-11-14)23-19-16-12-27(13-17(16)25-26-19)21(30)24-20(29)15-6-2-1-3-7-15/h1-11H,12-13H2,(H,24,29,30)(H2,23,25,26,28)/b9-8+. The normalized spacial score (nSPS) is 12.6. The second-order valence-electron chi connectivity index (χ2n) is 6.62. The van der Waals surface area contributed by atoms with Crippen LogP contribution in [-0.2, 0) is 17.9 Å². The molecule has 9 heteroatoms. The third-order valence-electron chi connectivity index (χ3n) is 4.55. The highest BCUT2D eigenvalue weighted by molar-refractivity contribution is 6.04. The fourth-order valence-electron chi connectivity index (χ4n) is 3.03. The minimum Gasteiger partial charge on any atom is -0.314 e. The Hall–Kier alpha value is -4.27. The van der Waals surface area contributed by atoms with Gasteiger partial charge in [0.25, 0.3) is 5.91 Å². The summed E-state index contributed by atoms with van der Waals surface area (Å²) in [6.45, 7) is 0.485. The van der Waals surface area contributed by atoms with E-state index in [1.165, 1.54) is 11.0 Å². The molecule has 3 N–H and O–H groups in total. The number of imide groups is 1. The molecule has 3 aromatic rings. The molecule has 4 rings (SSSR count). The Labute approximate surface area is 171 Å². The van der Waals surface area contributed by atoms with Gasteiger partial charge in [-0.05, 0) is 29.8 Å². The summed E-state index contributed by atoms with van der Waals surface area (Å²) in [5, 5.41) is 12.0. The Balaban J connectivity index is 1.36. The molecule has 1 aromatic carbocycles. The Bertz CT molecular complexity index is 1110. The number of urea groups is 1. The molecular weight excluding hydrogens is 384 g/mol. The Morgan fingerprint density at radius 1 is 1.07 bits per heavy atom. The summed E-state index contributed by atoms with van der Waals surface area (Å²) in [4.78, 5) is 42.3. The van der Waals surface area contributed by atoms with Crippen molar-refractivity contribution < 1.29 is 14.4 Å². The average molecular weight is 402 g/mol. The van der Waals surface area contributed by atoms with E-state index in [9.17, 15) is 14.4 Å². The summed E-state index contributed by atoms with van der Waals surface area (Å²) < 4.78 is 0. The van der Waals surface area contributed by atoms with Crippen LogP contribution in [0.3, 0.4) is 0 Å². The highest BCUT2D eigenvalue weighted by Gasteiger charge is 2.29. The maximum absolute atomic E-state index is 12.4.